The Hall–Kier alpha value is -3.87. The van der Waals surface area contributed by atoms with E-state index in [1.165, 1.54) is 24.4 Å². The summed E-state index contributed by atoms with van der Waals surface area (Å²) in [5.41, 5.74) is -0.630. The summed E-state index contributed by atoms with van der Waals surface area (Å²) in [6.07, 6.45) is -3.34. The summed E-state index contributed by atoms with van der Waals surface area (Å²) in [6.45, 7) is 1.78. The molecular formula is C24H16F3NO3. The minimum atomic E-state index is -4.57. The van der Waals surface area contributed by atoms with Crippen LogP contribution in [0.5, 0.6) is 5.75 Å². The van der Waals surface area contributed by atoms with Gasteiger partial charge in [-0.1, -0.05) is 42.5 Å². The molecule has 1 aromatic heterocycles. The number of ether oxygens (including phenoxy) is 1. The van der Waals surface area contributed by atoms with Crippen LogP contribution in [0, 0.1) is 6.92 Å². The van der Waals surface area contributed by atoms with Crippen LogP contribution in [0.15, 0.2) is 83.8 Å². The second-order valence-electron chi connectivity index (χ2n) is 6.97. The number of pyridine rings is 1. The van der Waals surface area contributed by atoms with Crippen molar-refractivity contribution in [3.8, 4) is 11.4 Å². The number of esters is 1. The van der Waals surface area contributed by atoms with Crippen LogP contribution >= 0.6 is 0 Å². The zero-order valence-electron chi connectivity index (χ0n) is 16.3. The molecule has 0 N–H and O–H groups in total. The van der Waals surface area contributed by atoms with Gasteiger partial charge in [-0.15, -0.1) is 0 Å². The minimum absolute atomic E-state index is 0.00415. The van der Waals surface area contributed by atoms with E-state index in [1.807, 2.05) is 0 Å². The van der Waals surface area contributed by atoms with Gasteiger partial charge in [0.2, 0.25) is 0 Å². The second-order valence-corrected chi connectivity index (χ2v) is 6.97. The first-order chi connectivity index (χ1) is 14.8. The lowest BCUT2D eigenvalue weighted by molar-refractivity contribution is -0.137. The fraction of sp³-hybridized carbons (Fsp3) is 0.0833. The summed E-state index contributed by atoms with van der Waals surface area (Å²) in [5.74, 6) is -0.361. The van der Waals surface area contributed by atoms with Gasteiger partial charge in [-0.2, -0.15) is 13.2 Å². The molecule has 0 saturated heterocycles. The number of alkyl halides is 3. The SMILES string of the molecule is Cc1ccccc1OC(=O)c1cn(-c2cccc(C(F)(F)F)c2)c(=O)c2ccccc12. The topological polar surface area (TPSA) is 48.3 Å². The lowest BCUT2D eigenvalue weighted by atomic mass is 10.1. The predicted octanol–water partition coefficient (Wildman–Crippen LogP) is 5.54. The molecule has 0 aliphatic heterocycles. The van der Waals surface area contributed by atoms with Gasteiger partial charge in [-0.25, -0.2) is 4.79 Å². The molecule has 0 aliphatic rings. The molecule has 0 saturated carbocycles. The first-order valence-corrected chi connectivity index (χ1v) is 9.35. The van der Waals surface area contributed by atoms with Crippen LogP contribution in [-0.4, -0.2) is 10.5 Å². The molecule has 4 aromatic rings. The molecule has 1 heterocycles. The van der Waals surface area contributed by atoms with Crippen molar-refractivity contribution in [3.63, 3.8) is 0 Å². The zero-order chi connectivity index (χ0) is 22.2. The highest BCUT2D eigenvalue weighted by molar-refractivity contribution is 6.04. The Bertz CT molecular complexity index is 1360. The van der Waals surface area contributed by atoms with Crippen molar-refractivity contribution in [1.29, 1.82) is 0 Å². The van der Waals surface area contributed by atoms with Crippen LogP contribution in [0.4, 0.5) is 13.2 Å². The van der Waals surface area contributed by atoms with Crippen LogP contribution in [0.1, 0.15) is 21.5 Å². The van der Waals surface area contributed by atoms with Gasteiger partial charge in [0.25, 0.3) is 5.56 Å². The van der Waals surface area contributed by atoms with Crippen LogP contribution in [0.3, 0.4) is 0 Å². The number of carbonyl (C=O) groups excluding carboxylic acids is 1. The lowest BCUT2D eigenvalue weighted by Crippen LogP contribution is -2.22. The average molecular weight is 423 g/mol. The Morgan fingerprint density at radius 2 is 1.58 bits per heavy atom. The van der Waals surface area contributed by atoms with E-state index < -0.39 is 23.3 Å². The highest BCUT2D eigenvalue weighted by atomic mass is 19.4. The second kappa shape index (κ2) is 7.75. The fourth-order valence-corrected chi connectivity index (χ4v) is 3.30. The number of carbonyl (C=O) groups is 1. The van der Waals surface area contributed by atoms with Crippen molar-refractivity contribution in [1.82, 2.24) is 4.57 Å². The summed E-state index contributed by atoms with van der Waals surface area (Å²) < 4.78 is 46.0. The van der Waals surface area contributed by atoms with Crippen molar-refractivity contribution < 1.29 is 22.7 Å². The molecule has 0 fully saturated rings. The molecule has 156 valence electrons. The highest BCUT2D eigenvalue weighted by Crippen LogP contribution is 2.30. The Morgan fingerprint density at radius 1 is 0.903 bits per heavy atom. The van der Waals surface area contributed by atoms with Crippen molar-refractivity contribution in [2.24, 2.45) is 0 Å². The number of rotatable bonds is 3. The average Bonchev–Trinajstić information content (AvgIpc) is 2.75. The molecular weight excluding hydrogens is 407 g/mol. The molecule has 0 spiro atoms. The molecule has 7 heteroatoms. The van der Waals surface area contributed by atoms with E-state index in [9.17, 15) is 22.8 Å². The molecule has 3 aromatic carbocycles. The third-order valence-electron chi connectivity index (χ3n) is 4.89. The molecule has 0 bridgehead atoms. The third-order valence-corrected chi connectivity index (χ3v) is 4.89. The number of aryl methyl sites for hydroxylation is 1. The number of nitrogens with zero attached hydrogens (tertiary/aromatic N) is 1. The Kier molecular flexibility index (Phi) is 5.10. The predicted molar refractivity (Wildman–Crippen MR) is 111 cm³/mol. The van der Waals surface area contributed by atoms with Gasteiger partial charge in [0.05, 0.1) is 11.1 Å². The van der Waals surface area contributed by atoms with E-state index in [1.54, 1.807) is 49.4 Å². The highest BCUT2D eigenvalue weighted by Gasteiger charge is 2.30. The minimum Gasteiger partial charge on any atom is -0.423 e. The van der Waals surface area contributed by atoms with Crippen LogP contribution in [0.2, 0.25) is 0 Å². The summed E-state index contributed by atoms with van der Waals surface area (Å²) in [4.78, 5) is 26.0. The number of hydrogen-bond acceptors (Lipinski definition) is 3. The number of halogens is 3. The standard InChI is InChI=1S/C24H16F3NO3/c1-15-7-2-5-12-21(15)31-23(30)20-14-28(22(29)19-11-4-3-10-18(19)20)17-9-6-8-16(13-17)24(25,26)27/h2-14H,1H3. The number of aromatic nitrogens is 1. The Labute approximate surface area is 175 Å². The maximum absolute atomic E-state index is 13.2. The fourth-order valence-electron chi connectivity index (χ4n) is 3.30. The van der Waals surface area contributed by atoms with Crippen molar-refractivity contribution >= 4 is 16.7 Å². The molecule has 4 rings (SSSR count). The van der Waals surface area contributed by atoms with Crippen LogP contribution < -0.4 is 10.3 Å². The third kappa shape index (κ3) is 3.94. The molecule has 0 amide bonds. The summed E-state index contributed by atoms with van der Waals surface area (Å²) >= 11 is 0. The quantitative estimate of drug-likeness (QED) is 0.321. The largest absolute Gasteiger partial charge is 0.423 e. The first kappa shape index (κ1) is 20.4. The Morgan fingerprint density at radius 3 is 2.29 bits per heavy atom. The van der Waals surface area contributed by atoms with Gasteiger partial charge in [0.1, 0.15) is 5.75 Å². The Balaban J connectivity index is 1.89. The van der Waals surface area contributed by atoms with Crippen molar-refractivity contribution in [3.05, 3.63) is 106 Å². The first-order valence-electron chi connectivity index (χ1n) is 9.35. The van der Waals surface area contributed by atoms with Gasteiger partial charge in [0.15, 0.2) is 0 Å². The van der Waals surface area contributed by atoms with E-state index in [-0.39, 0.29) is 16.6 Å². The number of hydrogen-bond donors (Lipinski definition) is 0. The number of para-hydroxylation sites is 1. The van der Waals surface area contributed by atoms with Gasteiger partial charge < -0.3 is 4.74 Å². The number of benzene rings is 3. The van der Waals surface area contributed by atoms with E-state index in [0.29, 0.717) is 11.1 Å². The molecule has 0 radical (unpaired) electrons. The van der Waals surface area contributed by atoms with Gasteiger partial charge in [-0.3, -0.25) is 9.36 Å². The maximum Gasteiger partial charge on any atom is 0.416 e. The van der Waals surface area contributed by atoms with Crippen LogP contribution in [-0.2, 0) is 6.18 Å². The van der Waals surface area contributed by atoms with Gasteiger partial charge in [-0.05, 0) is 42.8 Å². The zero-order valence-corrected chi connectivity index (χ0v) is 16.3. The van der Waals surface area contributed by atoms with Crippen molar-refractivity contribution in [2.75, 3.05) is 0 Å². The molecule has 0 atom stereocenters. The van der Waals surface area contributed by atoms with Crippen LogP contribution in [0.25, 0.3) is 16.5 Å². The van der Waals surface area contributed by atoms with Crippen molar-refractivity contribution in [2.45, 2.75) is 13.1 Å². The van der Waals surface area contributed by atoms with E-state index in [4.69, 9.17) is 4.74 Å². The normalized spacial score (nSPS) is 11.5. The van der Waals surface area contributed by atoms with E-state index >= 15 is 0 Å². The van der Waals surface area contributed by atoms with E-state index in [0.717, 1.165) is 22.3 Å². The van der Waals surface area contributed by atoms with Gasteiger partial charge >= 0.3 is 12.1 Å². The molecule has 4 nitrogen and oxygen atoms in total. The maximum atomic E-state index is 13.2. The smallest absolute Gasteiger partial charge is 0.416 e. The van der Waals surface area contributed by atoms with E-state index in [2.05, 4.69) is 0 Å². The summed E-state index contributed by atoms with van der Waals surface area (Å²) in [7, 11) is 0. The molecule has 31 heavy (non-hydrogen) atoms. The molecule has 0 aliphatic carbocycles. The molecule has 0 unspecified atom stereocenters. The summed E-state index contributed by atoms with van der Waals surface area (Å²) in [6, 6.07) is 17.7. The lowest BCUT2D eigenvalue weighted by Gasteiger charge is -2.14. The monoisotopic (exact) mass is 423 g/mol. The number of fused-ring (bicyclic) bond motifs is 1. The summed E-state index contributed by atoms with van der Waals surface area (Å²) in [5, 5.41) is 0.549. The van der Waals surface area contributed by atoms with Gasteiger partial charge in [0, 0.05) is 22.7 Å².